The van der Waals surface area contributed by atoms with Crippen LogP contribution in [0.3, 0.4) is 0 Å². The minimum atomic E-state index is -1.71. The lowest BCUT2D eigenvalue weighted by atomic mass is 9.84. The van der Waals surface area contributed by atoms with Gasteiger partial charge in [0.1, 0.15) is 6.61 Å². The highest BCUT2D eigenvalue weighted by molar-refractivity contribution is 6.03. The second kappa shape index (κ2) is 6.83. The smallest absolute Gasteiger partial charge is 0.409 e. The van der Waals surface area contributed by atoms with Gasteiger partial charge in [0.2, 0.25) is 0 Å². The summed E-state index contributed by atoms with van der Waals surface area (Å²) in [5.74, 6) is -2.59. The van der Waals surface area contributed by atoms with Gasteiger partial charge in [-0.15, -0.1) is 0 Å². The van der Waals surface area contributed by atoms with Crippen LogP contribution in [-0.4, -0.2) is 52.8 Å². The third-order valence-electron chi connectivity index (χ3n) is 7.43. The number of piperidine rings is 1. The number of likely N-dealkylation sites (tertiary alicyclic amines) is 1. The molecule has 1 saturated heterocycles. The summed E-state index contributed by atoms with van der Waals surface area (Å²) in [4.78, 5) is 37.4. The van der Waals surface area contributed by atoms with E-state index < -0.39 is 28.9 Å². The van der Waals surface area contributed by atoms with Crippen molar-refractivity contribution >= 4 is 18.0 Å². The molecule has 2 N–H and O–H groups in total. The average molecular weight is 421 g/mol. The number of aliphatic carboxylic acids is 2. The van der Waals surface area contributed by atoms with E-state index >= 15 is 0 Å². The minimum absolute atomic E-state index is 0.0254. The van der Waals surface area contributed by atoms with Gasteiger partial charge in [0.15, 0.2) is 5.41 Å². The summed E-state index contributed by atoms with van der Waals surface area (Å²) in [7, 11) is 0. The molecule has 31 heavy (non-hydrogen) atoms. The van der Waals surface area contributed by atoms with Crippen LogP contribution in [0.4, 0.5) is 4.79 Å². The second-order valence-corrected chi connectivity index (χ2v) is 8.76. The number of amides is 1. The van der Waals surface area contributed by atoms with Gasteiger partial charge in [-0.1, -0.05) is 48.5 Å². The van der Waals surface area contributed by atoms with Crippen molar-refractivity contribution in [1.82, 2.24) is 4.90 Å². The molecule has 0 bridgehead atoms. The maximum absolute atomic E-state index is 12.7. The lowest BCUT2D eigenvalue weighted by Crippen LogP contribution is -2.43. The molecule has 1 aliphatic heterocycles. The Labute approximate surface area is 179 Å². The second-order valence-electron chi connectivity index (χ2n) is 8.76. The Morgan fingerprint density at radius 2 is 1.42 bits per heavy atom. The molecule has 7 nitrogen and oxygen atoms in total. The molecule has 7 heteroatoms. The number of carbonyl (C=O) groups excluding carboxylic acids is 1. The van der Waals surface area contributed by atoms with Crippen LogP contribution in [0.1, 0.15) is 36.3 Å². The maximum Gasteiger partial charge on any atom is 0.409 e. The molecule has 1 heterocycles. The molecule has 2 aliphatic carbocycles. The van der Waals surface area contributed by atoms with E-state index in [4.69, 9.17) is 4.74 Å². The first kappa shape index (κ1) is 19.6. The Morgan fingerprint density at radius 1 is 0.903 bits per heavy atom. The summed E-state index contributed by atoms with van der Waals surface area (Å²) < 4.78 is 5.67. The molecule has 3 aliphatic rings. The van der Waals surface area contributed by atoms with Gasteiger partial charge >= 0.3 is 18.0 Å². The molecular weight excluding hydrogens is 398 g/mol. The molecule has 2 fully saturated rings. The van der Waals surface area contributed by atoms with E-state index in [1.165, 1.54) is 0 Å². The number of carboxylic acid groups (broad SMARTS) is 2. The molecule has 0 aromatic heterocycles. The van der Waals surface area contributed by atoms with Gasteiger partial charge in [-0.2, -0.15) is 0 Å². The highest BCUT2D eigenvalue weighted by Gasteiger charge is 2.77. The van der Waals surface area contributed by atoms with Gasteiger partial charge in [-0.3, -0.25) is 9.59 Å². The van der Waals surface area contributed by atoms with Gasteiger partial charge < -0.3 is 19.8 Å². The molecule has 1 saturated carbocycles. The van der Waals surface area contributed by atoms with Gasteiger partial charge in [0, 0.05) is 24.4 Å². The highest BCUT2D eigenvalue weighted by Crippen LogP contribution is 2.69. The fraction of sp³-hybridized carbons (Fsp3) is 0.375. The SMILES string of the molecule is O=C(OCC1c2ccccc2-c2ccccc21)N1CCC2(CC1)CC2(C(=O)O)C(=O)O. The van der Waals surface area contributed by atoms with E-state index in [2.05, 4.69) is 24.3 Å². The fourth-order valence-corrected chi connectivity index (χ4v) is 5.57. The third kappa shape index (κ3) is 2.76. The molecule has 1 amide bonds. The number of ether oxygens (including phenoxy) is 1. The summed E-state index contributed by atoms with van der Waals surface area (Å²) in [5.41, 5.74) is 2.13. The van der Waals surface area contributed by atoms with E-state index in [-0.39, 0.29) is 18.9 Å². The number of nitrogens with zero attached hydrogens (tertiary/aromatic N) is 1. The highest BCUT2D eigenvalue weighted by atomic mass is 16.6. The van der Waals surface area contributed by atoms with Crippen molar-refractivity contribution in [2.45, 2.75) is 25.2 Å². The van der Waals surface area contributed by atoms with Crippen molar-refractivity contribution in [2.75, 3.05) is 19.7 Å². The zero-order valence-corrected chi connectivity index (χ0v) is 16.9. The number of fused-ring (bicyclic) bond motifs is 3. The van der Waals surface area contributed by atoms with E-state index in [9.17, 15) is 24.6 Å². The van der Waals surface area contributed by atoms with Crippen LogP contribution in [0.5, 0.6) is 0 Å². The number of benzene rings is 2. The number of hydrogen-bond donors (Lipinski definition) is 2. The van der Waals surface area contributed by atoms with Gasteiger partial charge in [0.25, 0.3) is 0 Å². The summed E-state index contributed by atoms with van der Waals surface area (Å²) >= 11 is 0. The van der Waals surface area contributed by atoms with Crippen LogP contribution >= 0.6 is 0 Å². The summed E-state index contributed by atoms with van der Waals surface area (Å²) in [6, 6.07) is 16.2. The predicted octanol–water partition coefficient (Wildman–Crippen LogP) is 3.58. The summed E-state index contributed by atoms with van der Waals surface area (Å²) in [6.07, 6.45) is 0.406. The topological polar surface area (TPSA) is 104 Å². The number of rotatable bonds is 4. The van der Waals surface area contributed by atoms with Crippen LogP contribution in [0, 0.1) is 10.8 Å². The summed E-state index contributed by atoms with van der Waals surface area (Å²) in [5, 5.41) is 18.9. The van der Waals surface area contributed by atoms with Crippen molar-refractivity contribution in [3.63, 3.8) is 0 Å². The van der Waals surface area contributed by atoms with Crippen LogP contribution in [-0.2, 0) is 14.3 Å². The lowest BCUT2D eigenvalue weighted by molar-refractivity contribution is -0.159. The molecule has 0 atom stereocenters. The quantitative estimate of drug-likeness (QED) is 0.732. The van der Waals surface area contributed by atoms with Crippen molar-refractivity contribution in [3.8, 4) is 11.1 Å². The first-order valence-electron chi connectivity index (χ1n) is 10.5. The average Bonchev–Trinajstić information content (AvgIpc) is 3.33. The molecule has 0 unspecified atom stereocenters. The van der Waals surface area contributed by atoms with Crippen molar-refractivity contribution in [3.05, 3.63) is 59.7 Å². The Hall–Kier alpha value is -3.35. The summed E-state index contributed by atoms with van der Waals surface area (Å²) in [6.45, 7) is 0.834. The van der Waals surface area contributed by atoms with Gasteiger partial charge in [-0.25, -0.2) is 4.79 Å². The van der Waals surface area contributed by atoms with Crippen molar-refractivity contribution in [2.24, 2.45) is 10.8 Å². The molecule has 1 spiro atoms. The predicted molar refractivity (Wildman–Crippen MR) is 111 cm³/mol. The van der Waals surface area contributed by atoms with E-state index in [1.54, 1.807) is 4.90 Å². The lowest BCUT2D eigenvalue weighted by Gasteiger charge is -2.33. The number of carbonyl (C=O) groups is 3. The molecule has 5 rings (SSSR count). The zero-order chi connectivity index (χ0) is 21.8. The van der Waals surface area contributed by atoms with Crippen LogP contribution < -0.4 is 0 Å². The number of carboxylic acids is 2. The number of hydrogen-bond acceptors (Lipinski definition) is 4. The Morgan fingerprint density at radius 3 is 1.90 bits per heavy atom. The fourth-order valence-electron chi connectivity index (χ4n) is 5.57. The largest absolute Gasteiger partial charge is 0.480 e. The van der Waals surface area contributed by atoms with Gasteiger partial charge in [-0.05, 0) is 41.5 Å². The molecule has 2 aromatic carbocycles. The van der Waals surface area contributed by atoms with Crippen LogP contribution in [0.2, 0.25) is 0 Å². The standard InChI is InChI=1S/C24H23NO6/c26-20(27)24(21(28)29)14-23(24)9-11-25(12-10-23)22(30)31-13-19-17-7-3-1-5-15(17)16-6-2-4-8-18(16)19/h1-8,19H,9-14H2,(H,26,27)(H,28,29). The first-order valence-corrected chi connectivity index (χ1v) is 10.5. The van der Waals surface area contributed by atoms with Crippen molar-refractivity contribution in [1.29, 1.82) is 0 Å². The maximum atomic E-state index is 12.7. The normalized spacial score (nSPS) is 20.1. The van der Waals surface area contributed by atoms with E-state index in [0.717, 1.165) is 22.3 Å². The Kier molecular flexibility index (Phi) is 4.32. The first-order chi connectivity index (χ1) is 14.9. The molecule has 0 radical (unpaired) electrons. The Bertz CT molecular complexity index is 1030. The zero-order valence-electron chi connectivity index (χ0n) is 16.9. The van der Waals surface area contributed by atoms with E-state index in [1.807, 2.05) is 24.3 Å². The minimum Gasteiger partial charge on any atom is -0.480 e. The third-order valence-corrected chi connectivity index (χ3v) is 7.43. The Balaban J connectivity index is 1.24. The molecular formula is C24H23NO6. The molecule has 160 valence electrons. The van der Waals surface area contributed by atoms with Crippen LogP contribution in [0.25, 0.3) is 11.1 Å². The molecule has 2 aromatic rings. The monoisotopic (exact) mass is 421 g/mol. The van der Waals surface area contributed by atoms with Crippen LogP contribution in [0.15, 0.2) is 48.5 Å². The van der Waals surface area contributed by atoms with Crippen molar-refractivity contribution < 1.29 is 29.3 Å². The van der Waals surface area contributed by atoms with E-state index in [0.29, 0.717) is 25.9 Å². The van der Waals surface area contributed by atoms with Gasteiger partial charge in [0.05, 0.1) is 0 Å².